The normalized spacial score (nSPS) is 10.8. The molecule has 8 nitrogen and oxygen atoms in total. The van der Waals surface area contributed by atoms with E-state index >= 15 is 0 Å². The molecule has 0 aliphatic carbocycles. The average Bonchev–Trinajstić information content (AvgIpc) is 3.34. The number of nitrogens with zero attached hydrogens (tertiary/aromatic N) is 4. The Kier molecular flexibility index (Phi) is 5.71. The second-order valence-corrected chi connectivity index (χ2v) is 7.39. The Balaban J connectivity index is 1.21. The van der Waals surface area contributed by atoms with E-state index < -0.39 is 0 Å². The Bertz CT molecular complexity index is 1380. The summed E-state index contributed by atoms with van der Waals surface area (Å²) in [7, 11) is 0. The fraction of sp³-hybridized carbons (Fsp3) is 0.0800. The number of rotatable bonds is 7. The highest BCUT2D eigenvalue weighted by atomic mass is 16.5. The van der Waals surface area contributed by atoms with Crippen LogP contribution in [0.2, 0.25) is 0 Å². The van der Waals surface area contributed by atoms with Gasteiger partial charge >= 0.3 is 0 Å². The SMILES string of the molecule is O=C(Nc1ccc(OCCc2ccccc2)cc1)c1ccnc(-c2cc3nn[nH]c3cn2)c1. The van der Waals surface area contributed by atoms with E-state index in [0.29, 0.717) is 34.8 Å². The largest absolute Gasteiger partial charge is 0.493 e. The quantitative estimate of drug-likeness (QED) is 0.394. The Hall–Kier alpha value is -4.59. The smallest absolute Gasteiger partial charge is 0.255 e. The molecule has 1 amide bonds. The summed E-state index contributed by atoms with van der Waals surface area (Å²) in [5.74, 6) is 0.517. The number of ether oxygens (including phenoxy) is 1. The lowest BCUT2D eigenvalue weighted by molar-refractivity contribution is 0.102. The summed E-state index contributed by atoms with van der Waals surface area (Å²) < 4.78 is 5.80. The monoisotopic (exact) mass is 436 g/mol. The molecule has 0 radical (unpaired) electrons. The van der Waals surface area contributed by atoms with Crippen LogP contribution in [0.3, 0.4) is 0 Å². The van der Waals surface area contributed by atoms with Crippen molar-refractivity contribution in [2.75, 3.05) is 11.9 Å². The summed E-state index contributed by atoms with van der Waals surface area (Å²) in [6.45, 7) is 0.587. The maximum atomic E-state index is 12.8. The molecule has 5 aromatic rings. The molecule has 5 rings (SSSR count). The van der Waals surface area contributed by atoms with Gasteiger partial charge in [0.25, 0.3) is 5.91 Å². The van der Waals surface area contributed by atoms with Gasteiger partial charge in [0.1, 0.15) is 16.8 Å². The van der Waals surface area contributed by atoms with Crippen molar-refractivity contribution in [2.24, 2.45) is 0 Å². The van der Waals surface area contributed by atoms with Crippen LogP contribution >= 0.6 is 0 Å². The molecule has 0 aliphatic heterocycles. The topological polar surface area (TPSA) is 106 Å². The van der Waals surface area contributed by atoms with E-state index in [9.17, 15) is 4.79 Å². The van der Waals surface area contributed by atoms with Crippen LogP contribution in [0.5, 0.6) is 5.75 Å². The summed E-state index contributed by atoms with van der Waals surface area (Å²) in [5.41, 5.74) is 5.00. The minimum absolute atomic E-state index is 0.237. The van der Waals surface area contributed by atoms with Crippen molar-refractivity contribution in [1.82, 2.24) is 25.4 Å². The van der Waals surface area contributed by atoms with Crippen LogP contribution in [0, 0.1) is 0 Å². The number of amides is 1. The molecule has 0 saturated heterocycles. The first-order valence-electron chi connectivity index (χ1n) is 10.5. The van der Waals surface area contributed by atoms with Crippen molar-refractivity contribution in [3.63, 3.8) is 0 Å². The van der Waals surface area contributed by atoms with Crippen LogP contribution in [-0.4, -0.2) is 37.9 Å². The van der Waals surface area contributed by atoms with E-state index in [1.54, 1.807) is 30.6 Å². The van der Waals surface area contributed by atoms with Crippen molar-refractivity contribution >= 4 is 22.6 Å². The van der Waals surface area contributed by atoms with Gasteiger partial charge in [0.05, 0.1) is 24.2 Å². The number of hydrogen-bond donors (Lipinski definition) is 2. The molecule has 162 valence electrons. The molecular weight excluding hydrogens is 416 g/mol. The molecule has 0 aliphatic rings. The molecule has 8 heteroatoms. The van der Waals surface area contributed by atoms with Gasteiger partial charge in [-0.05, 0) is 48.0 Å². The van der Waals surface area contributed by atoms with Gasteiger partial charge in [0.15, 0.2) is 0 Å². The number of anilines is 1. The van der Waals surface area contributed by atoms with Gasteiger partial charge in [0, 0.05) is 23.9 Å². The van der Waals surface area contributed by atoms with Crippen LogP contribution in [0.1, 0.15) is 15.9 Å². The lowest BCUT2D eigenvalue weighted by Crippen LogP contribution is -2.12. The van der Waals surface area contributed by atoms with Gasteiger partial charge in [0.2, 0.25) is 0 Å². The lowest BCUT2D eigenvalue weighted by atomic mass is 10.1. The van der Waals surface area contributed by atoms with Crippen molar-refractivity contribution in [1.29, 1.82) is 0 Å². The van der Waals surface area contributed by atoms with Gasteiger partial charge in [-0.3, -0.25) is 19.9 Å². The van der Waals surface area contributed by atoms with Crippen molar-refractivity contribution in [2.45, 2.75) is 6.42 Å². The molecule has 0 spiro atoms. The minimum Gasteiger partial charge on any atom is -0.493 e. The first-order valence-corrected chi connectivity index (χ1v) is 10.5. The molecule has 2 N–H and O–H groups in total. The highest BCUT2D eigenvalue weighted by Gasteiger charge is 2.11. The zero-order chi connectivity index (χ0) is 22.5. The second-order valence-electron chi connectivity index (χ2n) is 7.39. The van der Waals surface area contributed by atoms with Crippen molar-refractivity contribution in [3.8, 4) is 17.1 Å². The molecule has 33 heavy (non-hydrogen) atoms. The molecule has 3 heterocycles. The van der Waals surface area contributed by atoms with Crippen molar-refractivity contribution in [3.05, 3.63) is 96.3 Å². The molecule has 0 bridgehead atoms. The number of carbonyl (C=O) groups excluding carboxylic acids is 1. The second kappa shape index (κ2) is 9.27. The van der Waals surface area contributed by atoms with E-state index in [4.69, 9.17) is 4.74 Å². The maximum Gasteiger partial charge on any atom is 0.255 e. The molecule has 0 unspecified atom stereocenters. The summed E-state index contributed by atoms with van der Waals surface area (Å²) in [6.07, 6.45) is 4.06. The van der Waals surface area contributed by atoms with E-state index in [1.807, 2.05) is 42.5 Å². The Labute approximate surface area is 189 Å². The van der Waals surface area contributed by atoms with Crippen LogP contribution in [0.25, 0.3) is 22.4 Å². The number of carbonyl (C=O) groups is 1. The summed E-state index contributed by atoms with van der Waals surface area (Å²) in [6, 6.07) is 22.7. The van der Waals surface area contributed by atoms with Gasteiger partial charge in [-0.15, -0.1) is 5.10 Å². The number of aromatic amines is 1. The predicted octanol–water partition coefficient (Wildman–Crippen LogP) is 4.29. The van der Waals surface area contributed by atoms with E-state index in [2.05, 4.69) is 42.8 Å². The first-order chi connectivity index (χ1) is 16.2. The molecule has 2 aromatic carbocycles. The molecule has 0 saturated carbocycles. The number of benzene rings is 2. The Morgan fingerprint density at radius 2 is 1.76 bits per heavy atom. The Morgan fingerprint density at radius 1 is 0.939 bits per heavy atom. The third-order valence-corrected chi connectivity index (χ3v) is 5.11. The van der Waals surface area contributed by atoms with Gasteiger partial charge in [-0.25, -0.2) is 0 Å². The van der Waals surface area contributed by atoms with E-state index in [-0.39, 0.29) is 5.91 Å². The van der Waals surface area contributed by atoms with Crippen LogP contribution < -0.4 is 10.1 Å². The fourth-order valence-electron chi connectivity index (χ4n) is 3.37. The molecule has 0 atom stereocenters. The molecule has 0 fully saturated rings. The maximum absolute atomic E-state index is 12.8. The standard InChI is InChI=1S/C25H20N6O2/c32-25(18-10-12-26-21(14-18)22-15-23-24(16-27-22)30-31-29-23)28-19-6-8-20(9-7-19)33-13-11-17-4-2-1-3-5-17/h1-10,12,14-16H,11,13H2,(H,28,32)(H,29,30,31). The Morgan fingerprint density at radius 3 is 2.61 bits per heavy atom. The number of hydrogen-bond acceptors (Lipinski definition) is 6. The predicted molar refractivity (Wildman–Crippen MR) is 125 cm³/mol. The summed E-state index contributed by atoms with van der Waals surface area (Å²) in [4.78, 5) is 21.5. The van der Waals surface area contributed by atoms with Gasteiger partial charge in [-0.2, -0.15) is 0 Å². The van der Waals surface area contributed by atoms with Crippen LogP contribution in [-0.2, 0) is 6.42 Å². The van der Waals surface area contributed by atoms with Crippen LogP contribution in [0.15, 0.2) is 85.2 Å². The highest BCUT2D eigenvalue weighted by Crippen LogP contribution is 2.20. The third-order valence-electron chi connectivity index (χ3n) is 5.11. The number of nitrogens with one attached hydrogen (secondary N) is 2. The third kappa shape index (κ3) is 4.85. The fourth-order valence-corrected chi connectivity index (χ4v) is 3.37. The number of fused-ring (bicyclic) bond motifs is 1. The van der Waals surface area contributed by atoms with Crippen molar-refractivity contribution < 1.29 is 9.53 Å². The summed E-state index contributed by atoms with van der Waals surface area (Å²) in [5, 5.41) is 13.4. The zero-order valence-electron chi connectivity index (χ0n) is 17.6. The lowest BCUT2D eigenvalue weighted by Gasteiger charge is -2.09. The minimum atomic E-state index is -0.237. The van der Waals surface area contributed by atoms with Gasteiger partial charge < -0.3 is 10.1 Å². The molecular formula is C25H20N6O2. The van der Waals surface area contributed by atoms with E-state index in [1.165, 1.54) is 5.56 Å². The number of aromatic nitrogens is 5. The highest BCUT2D eigenvalue weighted by molar-refractivity contribution is 6.04. The average molecular weight is 436 g/mol. The van der Waals surface area contributed by atoms with E-state index in [0.717, 1.165) is 17.7 Å². The first kappa shape index (κ1) is 20.3. The zero-order valence-corrected chi connectivity index (χ0v) is 17.6. The summed E-state index contributed by atoms with van der Waals surface area (Å²) >= 11 is 0. The molecule has 3 aromatic heterocycles. The van der Waals surface area contributed by atoms with Crippen LogP contribution in [0.4, 0.5) is 5.69 Å². The number of H-pyrrole nitrogens is 1. The van der Waals surface area contributed by atoms with Gasteiger partial charge in [-0.1, -0.05) is 35.5 Å². The number of pyridine rings is 2.